The summed E-state index contributed by atoms with van der Waals surface area (Å²) in [6, 6.07) is 4.86. The van der Waals surface area contributed by atoms with Gasteiger partial charge >= 0.3 is 0 Å². The van der Waals surface area contributed by atoms with E-state index in [9.17, 15) is 8.42 Å². The molecule has 0 aromatic heterocycles. The van der Waals surface area contributed by atoms with Crippen LogP contribution >= 0.6 is 33.3 Å². The van der Waals surface area contributed by atoms with Crippen LogP contribution in [0, 0.1) is 14.9 Å². The maximum Gasteiger partial charge on any atom is 0.261 e. The van der Waals surface area contributed by atoms with Crippen molar-refractivity contribution in [2.75, 3.05) is 0 Å². The van der Waals surface area contributed by atoms with E-state index in [0.717, 1.165) is 3.57 Å². The van der Waals surface area contributed by atoms with Gasteiger partial charge < -0.3 is 0 Å². The Morgan fingerprint density at radius 3 is 2.53 bits per heavy atom. The molecule has 1 aromatic rings. The standard InChI is InChI=1S/C9H7ClINO2S/c1-2-7-8(11)3-6(5-12)4-9(7)15(10,13)14/h3-4H,2H2,1H3. The lowest BCUT2D eigenvalue weighted by molar-refractivity contribution is 0.608. The van der Waals surface area contributed by atoms with Crippen molar-refractivity contribution in [3.8, 4) is 6.07 Å². The first-order valence-electron chi connectivity index (χ1n) is 4.07. The van der Waals surface area contributed by atoms with Crippen molar-refractivity contribution in [1.82, 2.24) is 0 Å². The molecular formula is C9H7ClINO2S. The van der Waals surface area contributed by atoms with Crippen molar-refractivity contribution in [3.05, 3.63) is 26.8 Å². The highest BCUT2D eigenvalue weighted by atomic mass is 127. The molecule has 80 valence electrons. The van der Waals surface area contributed by atoms with E-state index in [1.54, 1.807) is 6.07 Å². The monoisotopic (exact) mass is 355 g/mol. The van der Waals surface area contributed by atoms with Crippen LogP contribution in [0.4, 0.5) is 0 Å². The molecule has 0 saturated heterocycles. The topological polar surface area (TPSA) is 57.9 Å². The normalized spacial score (nSPS) is 11.1. The summed E-state index contributed by atoms with van der Waals surface area (Å²) in [5.74, 6) is 0. The lowest BCUT2D eigenvalue weighted by Gasteiger charge is -2.07. The smallest absolute Gasteiger partial charge is 0.207 e. The van der Waals surface area contributed by atoms with Gasteiger partial charge in [0.25, 0.3) is 9.05 Å². The Hall–Kier alpha value is -0.320. The first kappa shape index (κ1) is 12.7. The molecule has 0 amide bonds. The lowest BCUT2D eigenvalue weighted by atomic mass is 10.1. The first-order valence-corrected chi connectivity index (χ1v) is 7.46. The predicted molar refractivity (Wildman–Crippen MR) is 66.3 cm³/mol. The third-order valence-corrected chi connectivity index (χ3v) is 4.25. The highest BCUT2D eigenvalue weighted by Crippen LogP contribution is 2.26. The molecule has 0 N–H and O–H groups in total. The van der Waals surface area contributed by atoms with Crippen LogP contribution in [-0.4, -0.2) is 8.42 Å². The molecule has 1 aromatic carbocycles. The third-order valence-electron chi connectivity index (χ3n) is 1.90. The highest BCUT2D eigenvalue weighted by Gasteiger charge is 2.18. The summed E-state index contributed by atoms with van der Waals surface area (Å²) < 4.78 is 23.3. The number of halogens is 2. The summed E-state index contributed by atoms with van der Waals surface area (Å²) in [5, 5.41) is 8.72. The van der Waals surface area contributed by atoms with Crippen LogP contribution in [0.15, 0.2) is 17.0 Å². The Morgan fingerprint density at radius 2 is 2.13 bits per heavy atom. The minimum atomic E-state index is -3.78. The molecule has 15 heavy (non-hydrogen) atoms. The van der Waals surface area contributed by atoms with Gasteiger partial charge in [-0.25, -0.2) is 8.42 Å². The number of nitrogens with zero attached hydrogens (tertiary/aromatic N) is 1. The quantitative estimate of drug-likeness (QED) is 0.605. The fourth-order valence-corrected chi connectivity index (χ4v) is 3.66. The van der Waals surface area contributed by atoms with Crippen LogP contribution in [0.3, 0.4) is 0 Å². The Morgan fingerprint density at radius 1 is 1.53 bits per heavy atom. The van der Waals surface area contributed by atoms with Gasteiger partial charge in [-0.2, -0.15) is 5.26 Å². The van der Waals surface area contributed by atoms with Gasteiger partial charge in [-0.05, 0) is 46.7 Å². The van der Waals surface area contributed by atoms with E-state index >= 15 is 0 Å². The van der Waals surface area contributed by atoms with Crippen LogP contribution in [-0.2, 0) is 15.5 Å². The zero-order valence-corrected chi connectivity index (χ0v) is 11.5. The van der Waals surface area contributed by atoms with Gasteiger partial charge in [0.05, 0.1) is 16.5 Å². The number of rotatable bonds is 2. The van der Waals surface area contributed by atoms with Crippen molar-refractivity contribution in [2.45, 2.75) is 18.2 Å². The summed E-state index contributed by atoms with van der Waals surface area (Å²) in [6.45, 7) is 1.84. The second kappa shape index (κ2) is 4.68. The maximum atomic E-state index is 11.3. The zero-order valence-electron chi connectivity index (χ0n) is 7.79. The summed E-state index contributed by atoms with van der Waals surface area (Å²) in [6.07, 6.45) is 0.561. The Labute approximate surface area is 107 Å². The second-order valence-corrected chi connectivity index (χ2v) is 6.53. The molecule has 0 aliphatic carbocycles. The zero-order chi connectivity index (χ0) is 11.6. The average molecular weight is 356 g/mol. The van der Waals surface area contributed by atoms with Crippen LogP contribution in [0.1, 0.15) is 18.1 Å². The molecule has 0 heterocycles. The van der Waals surface area contributed by atoms with Crippen molar-refractivity contribution in [2.24, 2.45) is 0 Å². The largest absolute Gasteiger partial charge is 0.261 e. The summed E-state index contributed by atoms with van der Waals surface area (Å²) >= 11 is 2.00. The minimum Gasteiger partial charge on any atom is -0.207 e. The molecule has 0 saturated carbocycles. The summed E-state index contributed by atoms with van der Waals surface area (Å²) in [4.78, 5) is 0.0371. The van der Waals surface area contributed by atoms with Crippen molar-refractivity contribution in [1.29, 1.82) is 5.26 Å². The minimum absolute atomic E-state index is 0.0371. The van der Waals surface area contributed by atoms with Crippen LogP contribution in [0.25, 0.3) is 0 Å². The van der Waals surface area contributed by atoms with E-state index in [1.807, 2.05) is 35.6 Å². The van der Waals surface area contributed by atoms with E-state index in [0.29, 0.717) is 17.5 Å². The van der Waals surface area contributed by atoms with Gasteiger partial charge in [-0.3, -0.25) is 0 Å². The molecule has 0 atom stereocenters. The highest BCUT2D eigenvalue weighted by molar-refractivity contribution is 14.1. The molecule has 0 aliphatic rings. The molecule has 1 rings (SSSR count). The Balaban J connectivity index is 3.63. The first-order chi connectivity index (χ1) is 6.90. The van der Waals surface area contributed by atoms with E-state index in [-0.39, 0.29) is 4.90 Å². The molecule has 0 spiro atoms. The van der Waals surface area contributed by atoms with Gasteiger partial charge in [0.1, 0.15) is 0 Å². The van der Waals surface area contributed by atoms with E-state index < -0.39 is 9.05 Å². The van der Waals surface area contributed by atoms with Gasteiger partial charge in [0.2, 0.25) is 0 Å². The Kier molecular flexibility index (Phi) is 3.98. The molecule has 0 unspecified atom stereocenters. The van der Waals surface area contributed by atoms with E-state index in [4.69, 9.17) is 15.9 Å². The number of hydrogen-bond acceptors (Lipinski definition) is 3. The predicted octanol–water partition coefficient (Wildman–Crippen LogP) is 2.65. The molecule has 0 bridgehead atoms. The van der Waals surface area contributed by atoms with Crippen LogP contribution in [0.5, 0.6) is 0 Å². The lowest BCUT2D eigenvalue weighted by Crippen LogP contribution is -2.01. The fourth-order valence-electron chi connectivity index (χ4n) is 1.24. The average Bonchev–Trinajstić information content (AvgIpc) is 2.15. The van der Waals surface area contributed by atoms with Crippen LogP contribution < -0.4 is 0 Å². The summed E-state index contributed by atoms with van der Waals surface area (Å²) in [7, 11) is 1.52. The van der Waals surface area contributed by atoms with Gasteiger partial charge in [0, 0.05) is 14.3 Å². The fraction of sp³-hybridized carbons (Fsp3) is 0.222. The maximum absolute atomic E-state index is 11.3. The molecule has 6 heteroatoms. The van der Waals surface area contributed by atoms with Crippen molar-refractivity contribution >= 4 is 42.3 Å². The van der Waals surface area contributed by atoms with Crippen molar-refractivity contribution < 1.29 is 8.42 Å². The number of nitriles is 1. The SMILES string of the molecule is CCc1c(I)cc(C#N)cc1S(=O)(=O)Cl. The molecule has 0 aliphatic heterocycles. The number of benzene rings is 1. The molecule has 3 nitrogen and oxygen atoms in total. The molecule has 0 fully saturated rings. The van der Waals surface area contributed by atoms with Gasteiger partial charge in [-0.1, -0.05) is 6.92 Å². The van der Waals surface area contributed by atoms with Gasteiger partial charge in [0.15, 0.2) is 0 Å². The second-order valence-electron chi connectivity index (χ2n) is 2.84. The van der Waals surface area contributed by atoms with E-state index in [2.05, 4.69) is 0 Å². The van der Waals surface area contributed by atoms with Gasteiger partial charge in [-0.15, -0.1) is 0 Å². The summed E-state index contributed by atoms with van der Waals surface area (Å²) in [5.41, 5.74) is 0.959. The van der Waals surface area contributed by atoms with Crippen LogP contribution in [0.2, 0.25) is 0 Å². The number of hydrogen-bond donors (Lipinski definition) is 0. The van der Waals surface area contributed by atoms with E-state index in [1.165, 1.54) is 6.07 Å². The third kappa shape index (κ3) is 2.83. The molecular weight excluding hydrogens is 349 g/mol. The Bertz CT molecular complexity index is 534. The molecule has 0 radical (unpaired) electrons. The van der Waals surface area contributed by atoms with Crippen molar-refractivity contribution in [3.63, 3.8) is 0 Å².